The molecule has 20 heavy (non-hydrogen) atoms. The number of hydrogen-bond acceptors (Lipinski definition) is 2. The third kappa shape index (κ3) is 3.32. The number of rotatable bonds is 7. The maximum Gasteiger partial charge on any atom is 0.146 e. The molecule has 0 unspecified atom stereocenters. The third-order valence-corrected chi connectivity index (χ3v) is 4.07. The normalized spacial score (nSPS) is 18.6. The van der Waals surface area contributed by atoms with Gasteiger partial charge in [0.2, 0.25) is 0 Å². The van der Waals surface area contributed by atoms with Crippen molar-refractivity contribution in [2.45, 2.75) is 58.2 Å². The van der Waals surface area contributed by atoms with Gasteiger partial charge in [-0.3, -0.25) is 0 Å². The molecule has 2 aliphatic carbocycles. The topological polar surface area (TPSA) is 15.3 Å². The summed E-state index contributed by atoms with van der Waals surface area (Å²) in [5.41, 5.74) is 1.96. The molecule has 1 N–H and O–H groups in total. The van der Waals surface area contributed by atoms with Crippen LogP contribution in [0.2, 0.25) is 0 Å². The highest BCUT2D eigenvalue weighted by Gasteiger charge is 2.32. The smallest absolute Gasteiger partial charge is 0.146 e. The number of benzene rings is 1. The van der Waals surface area contributed by atoms with E-state index < -0.39 is 0 Å². The number of nitrogens with zero attached hydrogens (tertiary/aromatic N) is 1. The summed E-state index contributed by atoms with van der Waals surface area (Å²) >= 11 is 0. The Morgan fingerprint density at radius 1 is 1.25 bits per heavy atom. The fourth-order valence-corrected chi connectivity index (χ4v) is 2.77. The molecule has 0 atom stereocenters. The lowest BCUT2D eigenvalue weighted by molar-refractivity contribution is 0.571. The largest absolute Gasteiger partial charge is 0.366 e. The molecule has 0 bridgehead atoms. The van der Waals surface area contributed by atoms with E-state index >= 15 is 0 Å². The highest BCUT2D eigenvalue weighted by molar-refractivity contribution is 5.56. The van der Waals surface area contributed by atoms with Gasteiger partial charge in [-0.1, -0.05) is 26.0 Å². The summed E-state index contributed by atoms with van der Waals surface area (Å²) in [4.78, 5) is 2.31. The molecule has 0 spiro atoms. The lowest BCUT2D eigenvalue weighted by Crippen LogP contribution is -2.32. The lowest BCUT2D eigenvalue weighted by Gasteiger charge is -2.29. The molecule has 0 aromatic heterocycles. The summed E-state index contributed by atoms with van der Waals surface area (Å²) in [5.74, 6) is 0.493. The van der Waals surface area contributed by atoms with Crippen LogP contribution in [0.15, 0.2) is 18.2 Å². The van der Waals surface area contributed by atoms with E-state index in [4.69, 9.17) is 0 Å². The highest BCUT2D eigenvalue weighted by Crippen LogP contribution is 2.36. The fraction of sp³-hybridized carbons (Fsp3) is 0.647. The molecular weight excluding hydrogens is 251 g/mol. The predicted molar refractivity (Wildman–Crippen MR) is 81.5 cm³/mol. The van der Waals surface area contributed by atoms with Crippen LogP contribution in [0.3, 0.4) is 0 Å². The molecule has 3 rings (SSSR count). The number of para-hydroxylation sites is 1. The van der Waals surface area contributed by atoms with Gasteiger partial charge in [0.1, 0.15) is 5.82 Å². The van der Waals surface area contributed by atoms with E-state index in [9.17, 15) is 4.39 Å². The predicted octanol–water partition coefficient (Wildman–Crippen LogP) is 3.70. The Hall–Kier alpha value is -1.09. The molecule has 2 nitrogen and oxygen atoms in total. The van der Waals surface area contributed by atoms with E-state index in [1.807, 2.05) is 6.07 Å². The SMILES string of the molecule is CC(C)CN(c1c(F)cccc1CNC1CC1)C1CC1. The molecule has 110 valence electrons. The summed E-state index contributed by atoms with van der Waals surface area (Å²) in [6.07, 6.45) is 4.94. The molecule has 0 radical (unpaired) electrons. The van der Waals surface area contributed by atoms with Crippen molar-refractivity contribution in [1.29, 1.82) is 0 Å². The van der Waals surface area contributed by atoms with Crippen LogP contribution in [0.4, 0.5) is 10.1 Å². The molecule has 1 aromatic carbocycles. The van der Waals surface area contributed by atoms with Gasteiger partial charge in [0.15, 0.2) is 0 Å². The Morgan fingerprint density at radius 2 is 2.00 bits per heavy atom. The van der Waals surface area contributed by atoms with Gasteiger partial charge < -0.3 is 10.2 Å². The second kappa shape index (κ2) is 5.72. The Bertz CT molecular complexity index is 464. The number of hydrogen-bond donors (Lipinski definition) is 1. The molecule has 1 aromatic rings. The minimum absolute atomic E-state index is 0.0624. The van der Waals surface area contributed by atoms with Crippen molar-refractivity contribution >= 4 is 5.69 Å². The second-order valence-corrected chi connectivity index (χ2v) is 6.68. The van der Waals surface area contributed by atoms with Crippen molar-refractivity contribution < 1.29 is 4.39 Å². The van der Waals surface area contributed by atoms with Crippen LogP contribution < -0.4 is 10.2 Å². The molecule has 2 fully saturated rings. The quantitative estimate of drug-likeness (QED) is 0.817. The maximum absolute atomic E-state index is 14.4. The fourth-order valence-electron chi connectivity index (χ4n) is 2.77. The summed E-state index contributed by atoms with van der Waals surface area (Å²) in [7, 11) is 0. The molecule has 0 amide bonds. The molecule has 0 aliphatic heterocycles. The van der Waals surface area contributed by atoms with Gasteiger partial charge in [0.05, 0.1) is 5.69 Å². The molecular formula is C17H25FN2. The highest BCUT2D eigenvalue weighted by atomic mass is 19.1. The van der Waals surface area contributed by atoms with E-state index in [0.717, 1.165) is 24.3 Å². The van der Waals surface area contributed by atoms with Crippen molar-refractivity contribution in [3.63, 3.8) is 0 Å². The van der Waals surface area contributed by atoms with Crippen molar-refractivity contribution in [2.75, 3.05) is 11.4 Å². The molecule has 0 heterocycles. The first-order valence-corrected chi connectivity index (χ1v) is 7.92. The molecule has 2 saturated carbocycles. The number of nitrogens with one attached hydrogen (secondary N) is 1. The van der Waals surface area contributed by atoms with Crippen LogP contribution >= 0.6 is 0 Å². The average Bonchev–Trinajstić information content (AvgIpc) is 3.27. The first-order valence-electron chi connectivity index (χ1n) is 7.92. The zero-order valence-corrected chi connectivity index (χ0v) is 12.5. The summed E-state index contributed by atoms with van der Waals surface area (Å²) in [6.45, 7) is 6.15. The minimum Gasteiger partial charge on any atom is -0.366 e. The summed E-state index contributed by atoms with van der Waals surface area (Å²) in [6, 6.07) is 6.72. The van der Waals surface area contributed by atoms with Gasteiger partial charge in [0.25, 0.3) is 0 Å². The van der Waals surface area contributed by atoms with Gasteiger partial charge >= 0.3 is 0 Å². The van der Waals surface area contributed by atoms with Crippen molar-refractivity contribution in [3.05, 3.63) is 29.6 Å². The van der Waals surface area contributed by atoms with E-state index in [2.05, 4.69) is 30.1 Å². The lowest BCUT2D eigenvalue weighted by atomic mass is 10.1. The Kier molecular flexibility index (Phi) is 3.97. The Morgan fingerprint density at radius 3 is 2.60 bits per heavy atom. The van der Waals surface area contributed by atoms with Crippen LogP contribution in [0.25, 0.3) is 0 Å². The maximum atomic E-state index is 14.4. The third-order valence-electron chi connectivity index (χ3n) is 4.07. The van der Waals surface area contributed by atoms with Crippen molar-refractivity contribution in [3.8, 4) is 0 Å². The van der Waals surface area contributed by atoms with Gasteiger partial charge in [0, 0.05) is 25.2 Å². The van der Waals surface area contributed by atoms with Gasteiger partial charge in [-0.15, -0.1) is 0 Å². The first-order chi connectivity index (χ1) is 9.65. The van der Waals surface area contributed by atoms with Crippen molar-refractivity contribution in [1.82, 2.24) is 5.32 Å². The number of anilines is 1. The van der Waals surface area contributed by atoms with Crippen molar-refractivity contribution in [2.24, 2.45) is 5.92 Å². The van der Waals surface area contributed by atoms with E-state index in [1.54, 1.807) is 6.07 Å². The zero-order chi connectivity index (χ0) is 14.1. The minimum atomic E-state index is -0.0624. The summed E-state index contributed by atoms with van der Waals surface area (Å²) < 4.78 is 14.4. The monoisotopic (exact) mass is 276 g/mol. The number of halogens is 1. The van der Waals surface area contributed by atoms with Gasteiger partial charge in [-0.05, 0) is 43.2 Å². The zero-order valence-electron chi connectivity index (χ0n) is 12.5. The average molecular weight is 276 g/mol. The molecule has 3 heteroatoms. The molecule has 2 aliphatic rings. The van der Waals surface area contributed by atoms with Crippen LogP contribution in [-0.4, -0.2) is 18.6 Å². The van der Waals surface area contributed by atoms with E-state index in [0.29, 0.717) is 18.0 Å². The van der Waals surface area contributed by atoms with E-state index in [-0.39, 0.29) is 5.82 Å². The van der Waals surface area contributed by atoms with Crippen LogP contribution in [0.5, 0.6) is 0 Å². The first kappa shape index (κ1) is 13.9. The second-order valence-electron chi connectivity index (χ2n) is 6.68. The standard InChI is InChI=1S/C17H25FN2/c1-12(2)11-20(15-8-9-15)17-13(4-3-5-16(17)18)10-19-14-6-7-14/h3-5,12,14-15,19H,6-11H2,1-2H3. The summed E-state index contributed by atoms with van der Waals surface area (Å²) in [5, 5.41) is 3.51. The van der Waals surface area contributed by atoms with Crippen LogP contribution in [0.1, 0.15) is 45.1 Å². The van der Waals surface area contributed by atoms with Gasteiger partial charge in [-0.25, -0.2) is 4.39 Å². The van der Waals surface area contributed by atoms with Gasteiger partial charge in [-0.2, -0.15) is 0 Å². The van der Waals surface area contributed by atoms with Crippen LogP contribution in [-0.2, 0) is 6.54 Å². The Balaban J connectivity index is 1.83. The molecule has 0 saturated heterocycles. The Labute approximate surface area is 121 Å². The van der Waals surface area contributed by atoms with Crippen LogP contribution in [0, 0.1) is 11.7 Å². The van der Waals surface area contributed by atoms with E-state index in [1.165, 1.54) is 25.7 Å².